The van der Waals surface area contributed by atoms with Gasteiger partial charge in [-0.15, -0.1) is 0 Å². The smallest absolute Gasteiger partial charge is 0.338 e. The predicted molar refractivity (Wildman–Crippen MR) is 149 cm³/mol. The summed E-state index contributed by atoms with van der Waals surface area (Å²) >= 11 is 0. The van der Waals surface area contributed by atoms with Gasteiger partial charge in [-0.05, 0) is 73.6 Å². The van der Waals surface area contributed by atoms with Crippen molar-refractivity contribution in [3.05, 3.63) is 64.7 Å². The highest BCUT2D eigenvalue weighted by Gasteiger charge is 2.25. The molecule has 0 aromatic heterocycles. The standard InChI is InChI=1S/C30H45N3O4/c1-7-12-33(13-8-2)29(34)24-15-22(5)16-25(18-24)30(35)37-28(27(31)14-21(3)4)20-32-19-23-10-9-11-26(17-23)36-6/h9-11,15-18,21,27-28,32H,7-8,12-14,19-20,31H2,1-6H3/t27-,28+/m0/s1. The lowest BCUT2D eigenvalue weighted by molar-refractivity contribution is 0.0220. The number of carbonyl (C=O) groups excluding carboxylic acids is 2. The summed E-state index contributed by atoms with van der Waals surface area (Å²) in [5, 5.41) is 3.37. The van der Waals surface area contributed by atoms with E-state index in [2.05, 4.69) is 33.0 Å². The summed E-state index contributed by atoms with van der Waals surface area (Å²) in [4.78, 5) is 28.3. The fraction of sp³-hybridized carbons (Fsp3) is 0.533. The van der Waals surface area contributed by atoms with Crippen molar-refractivity contribution in [1.82, 2.24) is 10.2 Å². The Balaban J connectivity index is 2.17. The van der Waals surface area contributed by atoms with Gasteiger partial charge >= 0.3 is 5.97 Å². The van der Waals surface area contributed by atoms with Gasteiger partial charge in [0.15, 0.2) is 0 Å². The summed E-state index contributed by atoms with van der Waals surface area (Å²) in [6.07, 6.45) is 1.96. The molecule has 37 heavy (non-hydrogen) atoms. The van der Waals surface area contributed by atoms with E-state index in [1.165, 1.54) is 0 Å². The quantitative estimate of drug-likeness (QED) is 0.329. The maximum absolute atomic E-state index is 13.3. The summed E-state index contributed by atoms with van der Waals surface area (Å²) in [5.41, 5.74) is 9.26. The maximum Gasteiger partial charge on any atom is 0.338 e. The van der Waals surface area contributed by atoms with E-state index in [4.69, 9.17) is 15.2 Å². The molecule has 7 nitrogen and oxygen atoms in total. The number of amides is 1. The van der Waals surface area contributed by atoms with Crippen molar-refractivity contribution < 1.29 is 19.1 Å². The summed E-state index contributed by atoms with van der Waals surface area (Å²) in [5.74, 6) is 0.623. The fourth-order valence-electron chi connectivity index (χ4n) is 4.38. The van der Waals surface area contributed by atoms with Gasteiger partial charge in [0.25, 0.3) is 5.91 Å². The van der Waals surface area contributed by atoms with Crippen molar-refractivity contribution in [2.45, 2.75) is 72.6 Å². The first-order valence-corrected chi connectivity index (χ1v) is 13.4. The molecule has 0 fully saturated rings. The average Bonchev–Trinajstić information content (AvgIpc) is 2.86. The number of ether oxygens (including phenoxy) is 2. The second-order valence-electron chi connectivity index (χ2n) is 10.1. The van der Waals surface area contributed by atoms with Crippen molar-refractivity contribution in [2.75, 3.05) is 26.7 Å². The van der Waals surface area contributed by atoms with Gasteiger partial charge < -0.3 is 25.4 Å². The van der Waals surface area contributed by atoms with Crippen LogP contribution in [0.5, 0.6) is 5.75 Å². The van der Waals surface area contributed by atoms with E-state index in [9.17, 15) is 9.59 Å². The van der Waals surface area contributed by atoms with Crippen LogP contribution < -0.4 is 15.8 Å². The van der Waals surface area contributed by atoms with Crippen molar-refractivity contribution in [2.24, 2.45) is 11.7 Å². The van der Waals surface area contributed by atoms with E-state index in [0.717, 1.165) is 36.1 Å². The molecule has 0 radical (unpaired) electrons. The lowest BCUT2D eigenvalue weighted by Crippen LogP contribution is -2.45. The second-order valence-corrected chi connectivity index (χ2v) is 10.1. The monoisotopic (exact) mass is 511 g/mol. The molecule has 1 amide bonds. The summed E-state index contributed by atoms with van der Waals surface area (Å²) < 4.78 is 11.3. The third kappa shape index (κ3) is 9.82. The van der Waals surface area contributed by atoms with Crippen LogP contribution in [0.15, 0.2) is 42.5 Å². The molecule has 0 saturated heterocycles. The summed E-state index contributed by atoms with van der Waals surface area (Å²) in [6, 6.07) is 12.7. The largest absolute Gasteiger partial charge is 0.497 e. The number of rotatable bonds is 15. The molecule has 2 aromatic rings. The number of hydrogen-bond acceptors (Lipinski definition) is 6. The Kier molecular flexibility index (Phi) is 12.6. The van der Waals surface area contributed by atoms with Gasteiger partial charge in [-0.25, -0.2) is 4.79 Å². The van der Waals surface area contributed by atoms with Gasteiger partial charge in [0.1, 0.15) is 11.9 Å². The minimum atomic E-state index is -0.517. The number of nitrogens with zero attached hydrogens (tertiary/aromatic N) is 1. The van der Waals surface area contributed by atoms with Crippen LogP contribution in [0.3, 0.4) is 0 Å². The normalized spacial score (nSPS) is 12.8. The van der Waals surface area contributed by atoms with Gasteiger partial charge in [-0.1, -0.05) is 39.8 Å². The minimum Gasteiger partial charge on any atom is -0.497 e. The van der Waals surface area contributed by atoms with Crippen LogP contribution >= 0.6 is 0 Å². The first-order valence-electron chi connectivity index (χ1n) is 13.4. The van der Waals surface area contributed by atoms with Crippen molar-refractivity contribution >= 4 is 11.9 Å². The van der Waals surface area contributed by atoms with Crippen molar-refractivity contribution in [3.8, 4) is 5.75 Å². The van der Waals surface area contributed by atoms with Crippen LogP contribution in [0.25, 0.3) is 0 Å². The molecule has 2 rings (SSSR count). The van der Waals surface area contributed by atoms with Gasteiger partial charge in [0.05, 0.1) is 12.7 Å². The molecule has 0 saturated carbocycles. The number of aryl methyl sites for hydroxylation is 1. The predicted octanol–water partition coefficient (Wildman–Crippen LogP) is 4.95. The van der Waals surface area contributed by atoms with E-state index >= 15 is 0 Å². The molecule has 7 heteroatoms. The van der Waals surface area contributed by atoms with E-state index in [0.29, 0.717) is 43.2 Å². The van der Waals surface area contributed by atoms with Crippen LogP contribution in [0, 0.1) is 12.8 Å². The first-order chi connectivity index (χ1) is 17.7. The van der Waals surface area contributed by atoms with E-state index in [-0.39, 0.29) is 11.9 Å². The van der Waals surface area contributed by atoms with Gasteiger partial charge in [0, 0.05) is 37.8 Å². The molecule has 2 atom stereocenters. The Morgan fingerprint density at radius 2 is 1.70 bits per heavy atom. The van der Waals surface area contributed by atoms with Crippen molar-refractivity contribution in [1.29, 1.82) is 0 Å². The third-order valence-corrected chi connectivity index (χ3v) is 6.12. The van der Waals surface area contributed by atoms with Gasteiger partial charge in [-0.2, -0.15) is 0 Å². The van der Waals surface area contributed by atoms with E-state index in [1.54, 1.807) is 19.2 Å². The Bertz CT molecular complexity index is 1000. The van der Waals surface area contributed by atoms with E-state index in [1.807, 2.05) is 42.2 Å². The van der Waals surface area contributed by atoms with Crippen molar-refractivity contribution in [3.63, 3.8) is 0 Å². The average molecular weight is 512 g/mol. The Hall–Kier alpha value is -2.90. The molecule has 0 spiro atoms. The summed E-state index contributed by atoms with van der Waals surface area (Å²) in [7, 11) is 1.64. The number of nitrogens with one attached hydrogen (secondary N) is 1. The van der Waals surface area contributed by atoms with Crippen LogP contribution in [-0.4, -0.2) is 55.7 Å². The second kappa shape index (κ2) is 15.4. The van der Waals surface area contributed by atoms with E-state index < -0.39 is 12.1 Å². The third-order valence-electron chi connectivity index (χ3n) is 6.12. The maximum atomic E-state index is 13.3. The molecule has 0 bridgehead atoms. The number of benzene rings is 2. The highest BCUT2D eigenvalue weighted by molar-refractivity contribution is 5.98. The van der Waals surface area contributed by atoms with Gasteiger partial charge in [0.2, 0.25) is 0 Å². The highest BCUT2D eigenvalue weighted by Crippen LogP contribution is 2.17. The number of nitrogens with two attached hydrogens (primary N) is 1. The molecular formula is C30H45N3O4. The van der Waals surface area contributed by atoms with Crippen LogP contribution in [-0.2, 0) is 11.3 Å². The molecule has 0 heterocycles. The Morgan fingerprint density at radius 1 is 1.03 bits per heavy atom. The lowest BCUT2D eigenvalue weighted by Gasteiger charge is -2.26. The zero-order chi connectivity index (χ0) is 27.4. The van der Waals surface area contributed by atoms with Crippen LogP contribution in [0.1, 0.15) is 78.8 Å². The lowest BCUT2D eigenvalue weighted by atomic mass is 9.99. The Morgan fingerprint density at radius 3 is 2.32 bits per heavy atom. The van der Waals surface area contributed by atoms with Crippen LogP contribution in [0.2, 0.25) is 0 Å². The highest BCUT2D eigenvalue weighted by atomic mass is 16.5. The number of esters is 1. The molecule has 0 unspecified atom stereocenters. The Labute approximate surface area is 222 Å². The molecule has 2 aromatic carbocycles. The minimum absolute atomic E-state index is 0.0607. The molecule has 0 aliphatic carbocycles. The number of carbonyl (C=O) groups is 2. The molecule has 204 valence electrons. The number of methoxy groups -OCH3 is 1. The van der Waals surface area contributed by atoms with Crippen LogP contribution in [0.4, 0.5) is 0 Å². The zero-order valence-electron chi connectivity index (χ0n) is 23.4. The SMILES string of the molecule is CCCN(CCC)C(=O)c1cc(C)cc(C(=O)O[C@H](CNCc2cccc(OC)c2)[C@@H](N)CC(C)C)c1. The van der Waals surface area contributed by atoms with Gasteiger partial charge in [-0.3, -0.25) is 4.79 Å². The molecule has 0 aliphatic rings. The topological polar surface area (TPSA) is 93.9 Å². The molecular weight excluding hydrogens is 466 g/mol. The summed E-state index contributed by atoms with van der Waals surface area (Å²) in [6.45, 7) is 12.6. The fourth-order valence-corrected chi connectivity index (χ4v) is 4.38. The zero-order valence-corrected chi connectivity index (χ0v) is 23.4. The number of hydrogen-bond donors (Lipinski definition) is 2. The molecule has 3 N–H and O–H groups in total. The molecule has 0 aliphatic heterocycles. The first kappa shape index (κ1) is 30.3.